The van der Waals surface area contributed by atoms with E-state index in [2.05, 4.69) is 20.8 Å². The van der Waals surface area contributed by atoms with Crippen LogP contribution in [-0.4, -0.2) is 31.9 Å². The number of amides is 1. The molecular weight excluding hydrogens is 422 g/mol. The Balaban J connectivity index is 1.64. The van der Waals surface area contributed by atoms with Gasteiger partial charge < -0.3 is 5.32 Å². The van der Waals surface area contributed by atoms with E-state index >= 15 is 0 Å². The number of rotatable bonds is 7. The molecule has 32 heavy (non-hydrogen) atoms. The normalized spacial score (nSPS) is 11.7. The molecule has 0 fully saturated rings. The standard InChI is InChI=1S/C24H21N5O2S/c1-16-11-13-21(14-12-16)29-24(26-27-28-29)32-22(18-7-4-3-5-8-18)23(31)25-20-10-6-9-19(15-20)17(2)30/h3-15,22H,1-2H3,(H,25,31). The van der Waals surface area contributed by atoms with E-state index in [4.69, 9.17) is 0 Å². The van der Waals surface area contributed by atoms with Crippen LogP contribution in [-0.2, 0) is 4.79 Å². The fourth-order valence-corrected chi connectivity index (χ4v) is 4.13. The van der Waals surface area contributed by atoms with Gasteiger partial charge in [0.15, 0.2) is 5.78 Å². The number of benzene rings is 3. The van der Waals surface area contributed by atoms with Crippen molar-refractivity contribution in [3.8, 4) is 5.69 Å². The number of Topliss-reactive ketones (excluding diaryl/α,β-unsaturated/α-hetero) is 1. The summed E-state index contributed by atoms with van der Waals surface area (Å²) in [5, 5.41) is 14.9. The lowest BCUT2D eigenvalue weighted by Crippen LogP contribution is -2.19. The van der Waals surface area contributed by atoms with Gasteiger partial charge in [-0.1, -0.05) is 71.9 Å². The van der Waals surface area contributed by atoms with E-state index in [1.807, 2.05) is 61.5 Å². The predicted octanol–water partition coefficient (Wildman–Crippen LogP) is 4.65. The molecule has 4 aromatic rings. The Hall–Kier alpha value is -3.78. The van der Waals surface area contributed by atoms with E-state index in [0.717, 1.165) is 16.8 Å². The minimum Gasteiger partial charge on any atom is -0.325 e. The first-order valence-corrected chi connectivity index (χ1v) is 10.9. The van der Waals surface area contributed by atoms with Gasteiger partial charge in [0.2, 0.25) is 11.1 Å². The zero-order chi connectivity index (χ0) is 22.5. The lowest BCUT2D eigenvalue weighted by Gasteiger charge is -2.17. The summed E-state index contributed by atoms with van der Waals surface area (Å²) in [6, 6.07) is 24.2. The minimum absolute atomic E-state index is 0.0626. The number of nitrogens with zero attached hydrogens (tertiary/aromatic N) is 4. The lowest BCUT2D eigenvalue weighted by atomic mass is 10.1. The van der Waals surface area contributed by atoms with Crippen molar-refractivity contribution in [3.63, 3.8) is 0 Å². The van der Waals surface area contributed by atoms with E-state index in [1.165, 1.54) is 18.7 Å². The highest BCUT2D eigenvalue weighted by molar-refractivity contribution is 8.00. The zero-order valence-corrected chi connectivity index (χ0v) is 18.4. The summed E-state index contributed by atoms with van der Waals surface area (Å²) in [7, 11) is 0. The number of aryl methyl sites for hydroxylation is 1. The molecule has 7 nitrogen and oxygen atoms in total. The van der Waals surface area contributed by atoms with Crippen LogP contribution in [0.25, 0.3) is 5.69 Å². The number of carbonyl (C=O) groups excluding carboxylic acids is 2. The highest BCUT2D eigenvalue weighted by Gasteiger charge is 2.25. The maximum absolute atomic E-state index is 13.3. The van der Waals surface area contributed by atoms with E-state index in [-0.39, 0.29) is 11.7 Å². The summed E-state index contributed by atoms with van der Waals surface area (Å²) in [6.45, 7) is 3.50. The Kier molecular flexibility index (Phi) is 6.42. The summed E-state index contributed by atoms with van der Waals surface area (Å²) < 4.78 is 1.61. The van der Waals surface area contributed by atoms with E-state index < -0.39 is 5.25 Å². The van der Waals surface area contributed by atoms with Crippen LogP contribution in [0.3, 0.4) is 0 Å². The molecule has 0 spiro atoms. The molecule has 0 radical (unpaired) electrons. The molecule has 0 aliphatic heterocycles. The van der Waals surface area contributed by atoms with Gasteiger partial charge in [-0.3, -0.25) is 9.59 Å². The van der Waals surface area contributed by atoms with Crippen LogP contribution >= 0.6 is 11.8 Å². The summed E-state index contributed by atoms with van der Waals surface area (Å²) >= 11 is 1.26. The molecule has 3 aromatic carbocycles. The fraction of sp³-hybridized carbons (Fsp3) is 0.125. The molecule has 0 aliphatic carbocycles. The van der Waals surface area contributed by atoms with Gasteiger partial charge in [-0.15, -0.1) is 5.10 Å². The second kappa shape index (κ2) is 9.57. The first kappa shape index (κ1) is 21.5. The maximum Gasteiger partial charge on any atom is 0.242 e. The van der Waals surface area contributed by atoms with Crippen LogP contribution in [0.4, 0.5) is 5.69 Å². The van der Waals surface area contributed by atoms with Gasteiger partial charge in [-0.2, -0.15) is 4.68 Å². The molecular formula is C24H21N5O2S. The quantitative estimate of drug-likeness (QED) is 0.330. The predicted molar refractivity (Wildman–Crippen MR) is 124 cm³/mol. The van der Waals surface area contributed by atoms with E-state index in [9.17, 15) is 9.59 Å². The second-order valence-corrected chi connectivity index (χ2v) is 8.32. The Labute approximate surface area is 189 Å². The number of hydrogen-bond acceptors (Lipinski definition) is 6. The number of ketones is 1. The highest BCUT2D eigenvalue weighted by Crippen LogP contribution is 2.35. The third-order valence-corrected chi connectivity index (χ3v) is 6.01. The fourth-order valence-electron chi connectivity index (χ4n) is 3.13. The first-order valence-electron chi connectivity index (χ1n) is 10.00. The van der Waals surface area contributed by atoms with Gasteiger partial charge in [0, 0.05) is 11.3 Å². The van der Waals surface area contributed by atoms with Crippen molar-refractivity contribution in [2.24, 2.45) is 0 Å². The Morgan fingerprint density at radius 3 is 2.44 bits per heavy atom. The number of hydrogen-bond donors (Lipinski definition) is 1. The van der Waals surface area contributed by atoms with Crippen LogP contribution in [0.5, 0.6) is 0 Å². The maximum atomic E-state index is 13.3. The van der Waals surface area contributed by atoms with Crippen LogP contribution in [0.15, 0.2) is 84.0 Å². The van der Waals surface area contributed by atoms with Crippen LogP contribution < -0.4 is 5.32 Å². The summed E-state index contributed by atoms with van der Waals surface area (Å²) in [5.41, 5.74) is 3.85. The Morgan fingerprint density at radius 2 is 1.72 bits per heavy atom. The molecule has 1 N–H and O–H groups in total. The molecule has 0 saturated heterocycles. The first-order chi connectivity index (χ1) is 15.5. The molecule has 1 amide bonds. The van der Waals surface area contributed by atoms with Gasteiger partial charge in [-0.25, -0.2) is 0 Å². The molecule has 1 heterocycles. The molecule has 0 bridgehead atoms. The Bertz CT molecular complexity index is 1240. The van der Waals surface area contributed by atoms with Gasteiger partial charge in [-0.05, 0) is 54.1 Å². The zero-order valence-electron chi connectivity index (χ0n) is 17.6. The smallest absolute Gasteiger partial charge is 0.242 e. The van der Waals surface area contributed by atoms with Crippen LogP contribution in [0.1, 0.15) is 33.7 Å². The van der Waals surface area contributed by atoms with E-state index in [0.29, 0.717) is 16.4 Å². The number of anilines is 1. The van der Waals surface area contributed by atoms with Gasteiger partial charge in [0.1, 0.15) is 5.25 Å². The molecule has 1 aromatic heterocycles. The van der Waals surface area contributed by atoms with Crippen LogP contribution in [0.2, 0.25) is 0 Å². The average Bonchev–Trinajstić information content (AvgIpc) is 3.27. The SMILES string of the molecule is CC(=O)c1cccc(NC(=O)C(Sc2nnnn2-c2ccc(C)cc2)c2ccccc2)c1. The third-order valence-electron chi connectivity index (χ3n) is 4.82. The topological polar surface area (TPSA) is 89.8 Å². The minimum atomic E-state index is -0.604. The van der Waals surface area contributed by atoms with Crippen molar-refractivity contribution in [2.45, 2.75) is 24.3 Å². The van der Waals surface area contributed by atoms with Gasteiger partial charge in [0.25, 0.3) is 0 Å². The Morgan fingerprint density at radius 1 is 0.969 bits per heavy atom. The largest absolute Gasteiger partial charge is 0.325 e. The number of carbonyl (C=O) groups is 2. The molecule has 8 heteroatoms. The second-order valence-electron chi connectivity index (χ2n) is 7.24. The lowest BCUT2D eigenvalue weighted by molar-refractivity contribution is -0.115. The van der Waals surface area contributed by atoms with Crippen molar-refractivity contribution in [2.75, 3.05) is 5.32 Å². The van der Waals surface area contributed by atoms with Crippen LogP contribution in [0, 0.1) is 6.92 Å². The summed E-state index contributed by atoms with van der Waals surface area (Å²) in [4.78, 5) is 25.0. The third kappa shape index (κ3) is 4.92. The van der Waals surface area contributed by atoms with Crippen molar-refractivity contribution < 1.29 is 9.59 Å². The number of aromatic nitrogens is 4. The highest BCUT2D eigenvalue weighted by atomic mass is 32.2. The molecule has 0 aliphatic rings. The van der Waals surface area contributed by atoms with Crippen molar-refractivity contribution in [3.05, 3.63) is 95.6 Å². The van der Waals surface area contributed by atoms with Gasteiger partial charge >= 0.3 is 0 Å². The summed E-state index contributed by atoms with van der Waals surface area (Å²) in [5.74, 6) is -0.298. The molecule has 160 valence electrons. The van der Waals surface area contributed by atoms with Crippen molar-refractivity contribution >= 4 is 29.1 Å². The van der Waals surface area contributed by atoms with E-state index in [1.54, 1.807) is 28.9 Å². The monoisotopic (exact) mass is 443 g/mol. The number of tetrazole rings is 1. The molecule has 1 unspecified atom stereocenters. The summed E-state index contributed by atoms with van der Waals surface area (Å²) in [6.07, 6.45) is 0. The van der Waals surface area contributed by atoms with Crippen molar-refractivity contribution in [1.82, 2.24) is 20.2 Å². The molecule has 0 saturated carbocycles. The number of nitrogens with one attached hydrogen (secondary N) is 1. The van der Waals surface area contributed by atoms with Gasteiger partial charge in [0.05, 0.1) is 5.69 Å². The average molecular weight is 444 g/mol. The number of thioether (sulfide) groups is 1. The van der Waals surface area contributed by atoms with Crippen molar-refractivity contribution in [1.29, 1.82) is 0 Å². The molecule has 4 rings (SSSR count). The molecule has 1 atom stereocenters.